The number of rotatable bonds is 8. The lowest BCUT2D eigenvalue weighted by Gasteiger charge is -2.21. The normalized spacial score (nSPS) is 13.6. The van der Waals surface area contributed by atoms with Crippen molar-refractivity contribution in [1.29, 1.82) is 0 Å². The summed E-state index contributed by atoms with van der Waals surface area (Å²) in [4.78, 5) is 26.1. The summed E-state index contributed by atoms with van der Waals surface area (Å²) >= 11 is 0. The van der Waals surface area contributed by atoms with E-state index in [-0.39, 0.29) is 5.92 Å². The second-order valence-electron chi connectivity index (χ2n) is 8.57. The molecule has 1 aliphatic carbocycles. The molecule has 0 amide bonds. The molecule has 0 unspecified atom stereocenters. The van der Waals surface area contributed by atoms with Crippen LogP contribution < -0.4 is 9.47 Å². The number of ether oxygens (including phenoxy) is 2. The summed E-state index contributed by atoms with van der Waals surface area (Å²) in [6.45, 7) is 2.12. The minimum Gasteiger partial charge on any atom is -0.419 e. The number of carbonyl (C=O) groups is 2. The molecule has 1 aliphatic rings. The average molecular weight is 443 g/mol. The van der Waals surface area contributed by atoms with Gasteiger partial charge in [-0.05, 0) is 61.4 Å². The number of aryl methyl sites for hydroxylation is 1. The molecule has 0 heterocycles. The highest BCUT2D eigenvalue weighted by atomic mass is 16.6. The van der Waals surface area contributed by atoms with Crippen molar-refractivity contribution in [3.63, 3.8) is 0 Å². The summed E-state index contributed by atoms with van der Waals surface area (Å²) < 4.78 is 12.0. The van der Waals surface area contributed by atoms with Gasteiger partial charge in [0.2, 0.25) is 0 Å². The van der Waals surface area contributed by atoms with Gasteiger partial charge in [0.15, 0.2) is 11.5 Å². The van der Waals surface area contributed by atoms with Crippen molar-refractivity contribution in [2.75, 3.05) is 0 Å². The Kier molecular flexibility index (Phi) is 7.56. The van der Waals surface area contributed by atoms with Gasteiger partial charge in [0, 0.05) is 5.56 Å². The van der Waals surface area contributed by atoms with Gasteiger partial charge in [-0.15, -0.1) is 0 Å². The smallest absolute Gasteiger partial charge is 0.343 e. The second kappa shape index (κ2) is 11.0. The van der Waals surface area contributed by atoms with E-state index in [0.717, 1.165) is 56.1 Å². The monoisotopic (exact) mass is 442 g/mol. The Morgan fingerprint density at radius 1 is 0.758 bits per heavy atom. The summed E-state index contributed by atoms with van der Waals surface area (Å²) in [6, 6.07) is 22.0. The van der Waals surface area contributed by atoms with E-state index >= 15 is 0 Å². The average Bonchev–Trinajstić information content (AvgIpc) is 3.40. The minimum absolute atomic E-state index is 0.290. The Morgan fingerprint density at radius 3 is 1.85 bits per heavy atom. The third-order valence-corrected chi connectivity index (χ3v) is 6.23. The fourth-order valence-electron chi connectivity index (χ4n) is 4.41. The largest absolute Gasteiger partial charge is 0.419 e. The lowest BCUT2D eigenvalue weighted by Crippen LogP contribution is -2.16. The van der Waals surface area contributed by atoms with Gasteiger partial charge < -0.3 is 9.47 Å². The maximum Gasteiger partial charge on any atom is 0.343 e. The van der Waals surface area contributed by atoms with Gasteiger partial charge >= 0.3 is 11.9 Å². The first-order valence-corrected chi connectivity index (χ1v) is 11.9. The van der Waals surface area contributed by atoms with Crippen LogP contribution in [-0.2, 0) is 6.42 Å². The first-order valence-electron chi connectivity index (χ1n) is 11.9. The zero-order chi connectivity index (χ0) is 23.0. The van der Waals surface area contributed by atoms with E-state index in [1.54, 1.807) is 36.4 Å². The molecule has 0 bridgehead atoms. The van der Waals surface area contributed by atoms with Crippen molar-refractivity contribution >= 4 is 11.9 Å². The zero-order valence-corrected chi connectivity index (χ0v) is 19.1. The number of benzene rings is 3. The number of hydrogen-bond acceptors (Lipinski definition) is 4. The Hall–Kier alpha value is -3.40. The Bertz CT molecular complexity index is 1080. The van der Waals surface area contributed by atoms with Gasteiger partial charge in [-0.3, -0.25) is 0 Å². The zero-order valence-electron chi connectivity index (χ0n) is 19.1. The molecule has 1 saturated carbocycles. The number of hydrogen-bond donors (Lipinski definition) is 0. The van der Waals surface area contributed by atoms with E-state index in [9.17, 15) is 9.59 Å². The van der Waals surface area contributed by atoms with E-state index in [1.807, 2.05) is 30.3 Å². The number of carbonyl (C=O) groups excluding carboxylic acids is 2. The molecule has 3 aromatic rings. The maximum atomic E-state index is 13.1. The Morgan fingerprint density at radius 2 is 1.30 bits per heavy atom. The molecule has 4 nitrogen and oxygen atoms in total. The molecule has 0 radical (unpaired) electrons. The van der Waals surface area contributed by atoms with Crippen LogP contribution in [0.1, 0.15) is 83.2 Å². The molecule has 1 fully saturated rings. The van der Waals surface area contributed by atoms with Gasteiger partial charge in [0.05, 0.1) is 11.1 Å². The molecule has 0 aromatic heterocycles. The molecule has 33 heavy (non-hydrogen) atoms. The molecule has 0 atom stereocenters. The summed E-state index contributed by atoms with van der Waals surface area (Å²) in [5.74, 6) is 0.172. The molecular formula is C29H30O4. The van der Waals surface area contributed by atoms with Crippen molar-refractivity contribution < 1.29 is 19.1 Å². The van der Waals surface area contributed by atoms with Crippen LogP contribution in [0.3, 0.4) is 0 Å². The SMILES string of the molecule is CCCCc1ccc(C2CCCC2)c(OC(=O)c2ccccc2)c1OC(=O)c1ccccc1. The summed E-state index contributed by atoms with van der Waals surface area (Å²) in [5, 5.41) is 0. The quantitative estimate of drug-likeness (QED) is 0.275. The van der Waals surface area contributed by atoms with E-state index in [1.165, 1.54) is 0 Å². The maximum absolute atomic E-state index is 13.1. The van der Waals surface area contributed by atoms with Crippen LogP contribution in [0.4, 0.5) is 0 Å². The van der Waals surface area contributed by atoms with Crippen molar-refractivity contribution in [2.45, 2.75) is 57.8 Å². The summed E-state index contributed by atoms with van der Waals surface area (Å²) in [7, 11) is 0. The molecular weight excluding hydrogens is 412 g/mol. The number of unbranched alkanes of at least 4 members (excludes halogenated alkanes) is 1. The van der Waals surface area contributed by atoms with E-state index in [2.05, 4.69) is 13.0 Å². The van der Waals surface area contributed by atoms with Crippen molar-refractivity contribution in [3.05, 3.63) is 95.1 Å². The minimum atomic E-state index is -0.450. The molecule has 4 heteroatoms. The molecule has 0 saturated heterocycles. The predicted molar refractivity (Wildman–Crippen MR) is 129 cm³/mol. The van der Waals surface area contributed by atoms with E-state index in [0.29, 0.717) is 22.6 Å². The van der Waals surface area contributed by atoms with Crippen LogP contribution in [0.5, 0.6) is 11.5 Å². The highest BCUT2D eigenvalue weighted by Crippen LogP contribution is 2.45. The molecule has 4 rings (SSSR count). The lowest BCUT2D eigenvalue weighted by atomic mass is 9.93. The first kappa shape index (κ1) is 22.8. The highest BCUT2D eigenvalue weighted by molar-refractivity contribution is 5.93. The van der Waals surface area contributed by atoms with Crippen molar-refractivity contribution in [2.24, 2.45) is 0 Å². The predicted octanol–water partition coefficient (Wildman–Crippen LogP) is 7.13. The Labute approximate surface area is 195 Å². The molecule has 3 aromatic carbocycles. The number of esters is 2. The Balaban J connectivity index is 1.77. The van der Waals surface area contributed by atoms with E-state index < -0.39 is 11.9 Å². The molecule has 0 spiro atoms. The van der Waals surface area contributed by atoms with Crippen molar-refractivity contribution in [3.8, 4) is 11.5 Å². The van der Waals surface area contributed by atoms with Crippen LogP contribution >= 0.6 is 0 Å². The molecule has 0 N–H and O–H groups in total. The van der Waals surface area contributed by atoms with Gasteiger partial charge in [-0.2, -0.15) is 0 Å². The second-order valence-corrected chi connectivity index (χ2v) is 8.57. The van der Waals surface area contributed by atoms with E-state index in [4.69, 9.17) is 9.47 Å². The standard InChI is InChI=1S/C29H30O4/c1-2-3-12-22-19-20-25(21-13-10-11-14-21)27(33-29(31)24-17-8-5-9-18-24)26(22)32-28(30)23-15-6-4-7-16-23/h4-9,15-21H,2-3,10-14H2,1H3. The van der Waals surface area contributed by atoms with Gasteiger partial charge in [-0.1, -0.05) is 74.7 Å². The fraction of sp³-hybridized carbons (Fsp3) is 0.310. The van der Waals surface area contributed by atoms with Gasteiger partial charge in [0.1, 0.15) is 0 Å². The van der Waals surface area contributed by atoms with Crippen LogP contribution in [-0.4, -0.2) is 11.9 Å². The van der Waals surface area contributed by atoms with Crippen molar-refractivity contribution in [1.82, 2.24) is 0 Å². The first-order chi connectivity index (χ1) is 16.2. The summed E-state index contributed by atoms with van der Waals surface area (Å²) in [6.07, 6.45) is 7.07. The third-order valence-electron chi connectivity index (χ3n) is 6.23. The fourth-order valence-corrected chi connectivity index (χ4v) is 4.41. The summed E-state index contributed by atoms with van der Waals surface area (Å²) in [5.41, 5.74) is 2.77. The topological polar surface area (TPSA) is 52.6 Å². The highest BCUT2D eigenvalue weighted by Gasteiger charge is 2.28. The van der Waals surface area contributed by atoms with Crippen LogP contribution in [0.25, 0.3) is 0 Å². The van der Waals surface area contributed by atoms with Gasteiger partial charge in [0.25, 0.3) is 0 Å². The van der Waals surface area contributed by atoms with Crippen LogP contribution in [0.15, 0.2) is 72.8 Å². The van der Waals surface area contributed by atoms with Crippen LogP contribution in [0, 0.1) is 0 Å². The molecule has 0 aliphatic heterocycles. The van der Waals surface area contributed by atoms with Gasteiger partial charge in [-0.25, -0.2) is 9.59 Å². The lowest BCUT2D eigenvalue weighted by molar-refractivity contribution is 0.0679. The van der Waals surface area contributed by atoms with Crippen LogP contribution in [0.2, 0.25) is 0 Å². The third kappa shape index (κ3) is 5.51. The molecule has 170 valence electrons.